The number of aliphatic hydroxyl groups excluding tert-OH is 2. The van der Waals surface area contributed by atoms with E-state index in [0.717, 1.165) is 5.56 Å². The van der Waals surface area contributed by atoms with Crippen molar-refractivity contribution < 1.29 is 24.9 Å². The van der Waals surface area contributed by atoms with Gasteiger partial charge in [0, 0.05) is 10.6 Å². The second-order valence-corrected chi connectivity index (χ2v) is 6.86. The molecule has 7 heteroatoms. The standard InChI is InChI=1S/C21H22ClNO5/c1-13-3-5-15(6-4-13)20(23(12-24)11-18(26)27)19(14(2)25)21(28)16-7-9-17(22)10-8-16/h3-10,20,24,28H,11-12H2,1-2H3,(H,26,27). The molecule has 0 bridgehead atoms. The number of Topliss-reactive ketones (excluding diaryl/α,β-unsaturated/α-hetero) is 1. The lowest BCUT2D eigenvalue weighted by atomic mass is 9.91. The van der Waals surface area contributed by atoms with Gasteiger partial charge in [0.05, 0.1) is 24.9 Å². The van der Waals surface area contributed by atoms with Crippen LogP contribution < -0.4 is 0 Å². The Labute approximate surface area is 168 Å². The van der Waals surface area contributed by atoms with Crippen LogP contribution in [0.1, 0.15) is 29.7 Å². The normalized spacial score (nSPS) is 13.2. The van der Waals surface area contributed by atoms with Crippen molar-refractivity contribution in [2.45, 2.75) is 19.9 Å². The van der Waals surface area contributed by atoms with Crippen LogP contribution in [-0.4, -0.2) is 45.2 Å². The summed E-state index contributed by atoms with van der Waals surface area (Å²) >= 11 is 5.89. The minimum absolute atomic E-state index is 0.0125. The Kier molecular flexibility index (Phi) is 7.34. The van der Waals surface area contributed by atoms with Gasteiger partial charge in [0.2, 0.25) is 0 Å². The number of carbonyl (C=O) groups excluding carboxylic acids is 1. The maximum Gasteiger partial charge on any atom is 0.317 e. The minimum Gasteiger partial charge on any atom is -0.507 e. The first-order valence-corrected chi connectivity index (χ1v) is 8.95. The number of halogens is 1. The zero-order chi connectivity index (χ0) is 20.8. The highest BCUT2D eigenvalue weighted by molar-refractivity contribution is 6.30. The maximum absolute atomic E-state index is 12.5. The van der Waals surface area contributed by atoms with Gasteiger partial charge < -0.3 is 15.3 Å². The molecule has 0 aliphatic carbocycles. The third-order valence-corrected chi connectivity index (χ3v) is 4.56. The van der Waals surface area contributed by atoms with E-state index in [2.05, 4.69) is 0 Å². The number of carbonyl (C=O) groups is 2. The predicted molar refractivity (Wildman–Crippen MR) is 107 cm³/mol. The van der Waals surface area contributed by atoms with Crippen LogP contribution in [0.25, 0.3) is 5.76 Å². The van der Waals surface area contributed by atoms with Gasteiger partial charge in [-0.3, -0.25) is 14.5 Å². The smallest absolute Gasteiger partial charge is 0.317 e. The van der Waals surface area contributed by atoms with Crippen molar-refractivity contribution >= 4 is 29.1 Å². The van der Waals surface area contributed by atoms with E-state index in [9.17, 15) is 24.9 Å². The van der Waals surface area contributed by atoms with Crippen LogP contribution in [0.4, 0.5) is 0 Å². The summed E-state index contributed by atoms with van der Waals surface area (Å²) in [4.78, 5) is 25.0. The molecule has 0 aliphatic heterocycles. The van der Waals surface area contributed by atoms with Gasteiger partial charge in [0.25, 0.3) is 0 Å². The summed E-state index contributed by atoms with van der Waals surface area (Å²) in [7, 11) is 0. The highest BCUT2D eigenvalue weighted by Crippen LogP contribution is 2.34. The minimum atomic E-state index is -1.17. The molecule has 2 aromatic rings. The van der Waals surface area contributed by atoms with Crippen molar-refractivity contribution in [2.24, 2.45) is 0 Å². The number of rotatable bonds is 8. The van der Waals surface area contributed by atoms with Crippen LogP contribution in [0.3, 0.4) is 0 Å². The second-order valence-electron chi connectivity index (χ2n) is 6.42. The largest absolute Gasteiger partial charge is 0.507 e. The molecule has 3 N–H and O–H groups in total. The molecule has 0 amide bonds. The van der Waals surface area contributed by atoms with Crippen LogP contribution in [0.15, 0.2) is 54.1 Å². The van der Waals surface area contributed by atoms with Crippen LogP contribution in [0.2, 0.25) is 5.02 Å². The first-order valence-electron chi connectivity index (χ1n) is 8.57. The van der Waals surface area contributed by atoms with Gasteiger partial charge in [-0.05, 0) is 43.7 Å². The number of carboxylic acid groups (broad SMARTS) is 1. The number of ketones is 1. The number of benzene rings is 2. The lowest BCUT2D eigenvalue weighted by molar-refractivity contribution is -0.140. The van der Waals surface area contributed by atoms with Gasteiger partial charge >= 0.3 is 5.97 Å². The number of hydrogen-bond donors (Lipinski definition) is 3. The van der Waals surface area contributed by atoms with E-state index in [-0.39, 0.29) is 11.3 Å². The number of aliphatic hydroxyl groups is 2. The molecule has 0 saturated heterocycles. The quantitative estimate of drug-likeness (QED) is 0.354. The molecule has 0 heterocycles. The zero-order valence-electron chi connectivity index (χ0n) is 15.6. The highest BCUT2D eigenvalue weighted by Gasteiger charge is 2.31. The Morgan fingerprint density at radius 2 is 1.61 bits per heavy atom. The van der Waals surface area contributed by atoms with Crippen LogP contribution >= 0.6 is 11.6 Å². The summed E-state index contributed by atoms with van der Waals surface area (Å²) in [5.74, 6) is -1.90. The third-order valence-electron chi connectivity index (χ3n) is 4.30. The van der Waals surface area contributed by atoms with E-state index in [0.29, 0.717) is 16.1 Å². The first kappa shape index (κ1) is 21.6. The van der Waals surface area contributed by atoms with Crippen LogP contribution in [0, 0.1) is 6.92 Å². The van der Waals surface area contributed by atoms with E-state index in [1.807, 2.05) is 19.1 Å². The predicted octanol–water partition coefficient (Wildman–Crippen LogP) is 3.58. The summed E-state index contributed by atoms with van der Waals surface area (Å²) in [6, 6.07) is 12.4. The molecule has 0 fully saturated rings. The Balaban J connectivity index is 2.69. The summed E-state index contributed by atoms with van der Waals surface area (Å²) in [5.41, 5.74) is 1.90. The van der Waals surface area contributed by atoms with E-state index in [1.54, 1.807) is 36.4 Å². The van der Waals surface area contributed by atoms with Gasteiger partial charge in [0.15, 0.2) is 5.78 Å². The number of aryl methyl sites for hydroxylation is 1. The van der Waals surface area contributed by atoms with Crippen molar-refractivity contribution in [3.05, 3.63) is 75.8 Å². The fourth-order valence-electron chi connectivity index (χ4n) is 2.96. The zero-order valence-corrected chi connectivity index (χ0v) is 16.3. The molecule has 0 saturated carbocycles. The fraction of sp³-hybridized carbons (Fsp3) is 0.238. The summed E-state index contributed by atoms with van der Waals surface area (Å²) < 4.78 is 0. The first-order chi connectivity index (χ1) is 13.2. The average Bonchev–Trinajstić information content (AvgIpc) is 2.65. The third kappa shape index (κ3) is 5.19. The summed E-state index contributed by atoms with van der Waals surface area (Å²) in [6.45, 7) is 2.06. The van der Waals surface area contributed by atoms with Crippen molar-refractivity contribution in [3.63, 3.8) is 0 Å². The number of nitrogens with zero attached hydrogens (tertiary/aromatic N) is 1. The van der Waals surface area contributed by atoms with E-state index < -0.39 is 31.1 Å². The maximum atomic E-state index is 12.5. The van der Waals surface area contributed by atoms with Crippen molar-refractivity contribution in [2.75, 3.05) is 13.3 Å². The molecule has 28 heavy (non-hydrogen) atoms. The lowest BCUT2D eigenvalue weighted by Crippen LogP contribution is -2.37. The number of hydrogen-bond acceptors (Lipinski definition) is 5. The van der Waals surface area contributed by atoms with E-state index >= 15 is 0 Å². The molecule has 0 spiro atoms. The SMILES string of the molecule is CC(=O)C(=C(O)c1ccc(Cl)cc1)C(c1ccc(C)cc1)N(CO)CC(=O)O. The molecule has 1 unspecified atom stereocenters. The Hall–Kier alpha value is -2.67. The number of carboxylic acids is 1. The van der Waals surface area contributed by atoms with Crippen molar-refractivity contribution in [3.8, 4) is 0 Å². The molecule has 2 aromatic carbocycles. The molecular formula is C21H22ClNO5. The average molecular weight is 404 g/mol. The highest BCUT2D eigenvalue weighted by atomic mass is 35.5. The molecule has 2 rings (SSSR count). The number of aliphatic carboxylic acids is 1. The van der Waals surface area contributed by atoms with Gasteiger partial charge in [-0.15, -0.1) is 0 Å². The molecular weight excluding hydrogens is 382 g/mol. The van der Waals surface area contributed by atoms with E-state index in [1.165, 1.54) is 11.8 Å². The monoisotopic (exact) mass is 403 g/mol. The summed E-state index contributed by atoms with van der Waals surface area (Å²) in [5, 5.41) is 30.4. The molecule has 1 atom stereocenters. The molecule has 148 valence electrons. The van der Waals surface area contributed by atoms with Gasteiger partial charge in [0.1, 0.15) is 5.76 Å². The van der Waals surface area contributed by atoms with Gasteiger partial charge in [-0.1, -0.05) is 41.4 Å². The topological polar surface area (TPSA) is 98.1 Å². The molecule has 0 aliphatic rings. The van der Waals surface area contributed by atoms with Crippen LogP contribution in [-0.2, 0) is 9.59 Å². The Morgan fingerprint density at radius 1 is 1.04 bits per heavy atom. The van der Waals surface area contributed by atoms with Crippen LogP contribution in [0.5, 0.6) is 0 Å². The van der Waals surface area contributed by atoms with E-state index in [4.69, 9.17) is 11.6 Å². The Morgan fingerprint density at radius 3 is 2.07 bits per heavy atom. The fourth-order valence-corrected chi connectivity index (χ4v) is 3.08. The van der Waals surface area contributed by atoms with Gasteiger partial charge in [-0.2, -0.15) is 0 Å². The summed E-state index contributed by atoms with van der Waals surface area (Å²) in [6.07, 6.45) is 0. The molecule has 0 aromatic heterocycles. The Bertz CT molecular complexity index is 875. The molecule has 0 radical (unpaired) electrons. The van der Waals surface area contributed by atoms with Crippen molar-refractivity contribution in [1.29, 1.82) is 0 Å². The molecule has 6 nitrogen and oxygen atoms in total. The van der Waals surface area contributed by atoms with Crippen molar-refractivity contribution in [1.82, 2.24) is 4.90 Å². The van der Waals surface area contributed by atoms with Gasteiger partial charge in [-0.25, -0.2) is 0 Å². The lowest BCUT2D eigenvalue weighted by Gasteiger charge is -2.31. The second kappa shape index (κ2) is 9.50.